The molecule has 98 valence electrons. The van der Waals surface area contributed by atoms with E-state index in [4.69, 9.17) is 5.73 Å². The van der Waals surface area contributed by atoms with Crippen molar-refractivity contribution in [3.05, 3.63) is 34.4 Å². The Kier molecular flexibility index (Phi) is 4.15. The molecule has 0 spiro atoms. The molecule has 2 unspecified atom stereocenters. The minimum atomic E-state index is -0.377. The first kappa shape index (κ1) is 12.8. The Hall–Kier alpha value is -1.62. The molecule has 18 heavy (non-hydrogen) atoms. The first-order chi connectivity index (χ1) is 8.66. The van der Waals surface area contributed by atoms with Crippen molar-refractivity contribution in [2.75, 3.05) is 5.32 Å². The summed E-state index contributed by atoms with van der Waals surface area (Å²) in [6, 6.07) is 6.96. The number of rotatable bonds is 3. The summed E-state index contributed by atoms with van der Waals surface area (Å²) < 4.78 is 0. The highest BCUT2D eigenvalue weighted by Crippen LogP contribution is 2.23. The molecule has 5 nitrogen and oxygen atoms in total. The van der Waals surface area contributed by atoms with E-state index >= 15 is 0 Å². The Morgan fingerprint density at radius 3 is 2.83 bits per heavy atom. The zero-order chi connectivity index (χ0) is 13.0. The van der Waals surface area contributed by atoms with Crippen molar-refractivity contribution in [2.45, 2.75) is 44.2 Å². The lowest BCUT2D eigenvalue weighted by Crippen LogP contribution is -2.39. The molecule has 0 heterocycles. The molecule has 1 aromatic rings. The molecule has 1 aromatic carbocycles. The van der Waals surface area contributed by atoms with E-state index in [9.17, 15) is 10.1 Å². The van der Waals surface area contributed by atoms with E-state index < -0.39 is 0 Å². The molecular formula is C13H19N3O2. The van der Waals surface area contributed by atoms with Crippen molar-refractivity contribution in [1.82, 2.24) is 0 Å². The summed E-state index contributed by atoms with van der Waals surface area (Å²) in [6.07, 6.45) is 5.62. The minimum absolute atomic E-state index is 0.113. The van der Waals surface area contributed by atoms with Crippen LogP contribution >= 0.6 is 0 Å². The van der Waals surface area contributed by atoms with Gasteiger partial charge in [0.05, 0.1) is 4.92 Å². The number of nitrogens with two attached hydrogens (primary N) is 1. The lowest BCUT2D eigenvalue weighted by atomic mass is 10.0. The summed E-state index contributed by atoms with van der Waals surface area (Å²) in [4.78, 5) is 10.3. The SMILES string of the molecule is NC1CCCCCC1Nc1cccc([N+](=O)[O-])c1. The summed E-state index contributed by atoms with van der Waals surface area (Å²) in [6.45, 7) is 0. The molecule has 5 heteroatoms. The van der Waals surface area contributed by atoms with Gasteiger partial charge in [0, 0.05) is 29.9 Å². The second-order valence-electron chi connectivity index (χ2n) is 4.86. The van der Waals surface area contributed by atoms with Gasteiger partial charge in [-0.3, -0.25) is 10.1 Å². The van der Waals surface area contributed by atoms with Gasteiger partial charge in [-0.15, -0.1) is 0 Å². The smallest absolute Gasteiger partial charge is 0.271 e. The van der Waals surface area contributed by atoms with Crippen LogP contribution in [0.1, 0.15) is 32.1 Å². The maximum absolute atomic E-state index is 10.7. The van der Waals surface area contributed by atoms with Crippen molar-refractivity contribution in [3.8, 4) is 0 Å². The summed E-state index contributed by atoms with van der Waals surface area (Å²) in [5, 5.41) is 14.1. The Labute approximate surface area is 107 Å². The molecule has 1 aliphatic carbocycles. The molecule has 0 radical (unpaired) electrons. The van der Waals surface area contributed by atoms with Crippen LogP contribution in [-0.2, 0) is 0 Å². The van der Waals surface area contributed by atoms with Crippen molar-refractivity contribution < 1.29 is 4.92 Å². The number of anilines is 1. The van der Waals surface area contributed by atoms with Gasteiger partial charge in [0.1, 0.15) is 0 Å². The fourth-order valence-corrected chi connectivity index (χ4v) is 2.44. The maximum atomic E-state index is 10.7. The predicted molar refractivity (Wildman–Crippen MR) is 71.6 cm³/mol. The number of hydrogen-bond donors (Lipinski definition) is 2. The molecule has 1 aliphatic rings. The van der Waals surface area contributed by atoms with Gasteiger partial charge in [0.2, 0.25) is 0 Å². The quantitative estimate of drug-likeness (QED) is 0.490. The molecular weight excluding hydrogens is 230 g/mol. The van der Waals surface area contributed by atoms with Crippen molar-refractivity contribution in [2.24, 2.45) is 5.73 Å². The first-order valence-electron chi connectivity index (χ1n) is 6.43. The number of nitro benzene ring substituents is 1. The highest BCUT2D eigenvalue weighted by molar-refractivity contribution is 5.51. The summed E-state index contributed by atoms with van der Waals surface area (Å²) in [7, 11) is 0. The molecule has 2 rings (SSSR count). The number of nitrogens with zero attached hydrogens (tertiary/aromatic N) is 1. The molecule has 1 saturated carbocycles. The van der Waals surface area contributed by atoms with E-state index in [-0.39, 0.29) is 22.7 Å². The van der Waals surface area contributed by atoms with E-state index in [0.29, 0.717) is 0 Å². The number of nitro groups is 1. The standard InChI is InChI=1S/C13H19N3O2/c14-12-7-2-1-3-8-13(12)15-10-5-4-6-11(9-10)16(17)18/h4-6,9,12-13,15H,1-3,7-8,14H2. The first-order valence-corrected chi connectivity index (χ1v) is 6.43. The summed E-state index contributed by atoms with van der Waals surface area (Å²) in [5.74, 6) is 0. The van der Waals surface area contributed by atoms with Crippen LogP contribution < -0.4 is 11.1 Å². The van der Waals surface area contributed by atoms with Gasteiger partial charge in [-0.1, -0.05) is 25.3 Å². The van der Waals surface area contributed by atoms with Crippen LogP contribution in [0.4, 0.5) is 11.4 Å². The van der Waals surface area contributed by atoms with E-state index in [1.54, 1.807) is 12.1 Å². The fourth-order valence-electron chi connectivity index (χ4n) is 2.44. The lowest BCUT2D eigenvalue weighted by Gasteiger charge is -2.23. The van der Waals surface area contributed by atoms with Gasteiger partial charge in [-0.05, 0) is 18.9 Å². The second-order valence-corrected chi connectivity index (χ2v) is 4.86. The monoisotopic (exact) mass is 249 g/mol. The molecule has 0 amide bonds. The molecule has 0 bridgehead atoms. The largest absolute Gasteiger partial charge is 0.381 e. The van der Waals surface area contributed by atoms with Gasteiger partial charge in [0.25, 0.3) is 5.69 Å². The average molecular weight is 249 g/mol. The number of benzene rings is 1. The summed E-state index contributed by atoms with van der Waals surface area (Å²) >= 11 is 0. The van der Waals surface area contributed by atoms with Crippen molar-refractivity contribution >= 4 is 11.4 Å². The normalized spacial score (nSPS) is 24.3. The van der Waals surface area contributed by atoms with Crippen LogP contribution in [0.5, 0.6) is 0 Å². The maximum Gasteiger partial charge on any atom is 0.271 e. The Balaban J connectivity index is 2.07. The summed E-state index contributed by atoms with van der Waals surface area (Å²) in [5.41, 5.74) is 7.03. The van der Waals surface area contributed by atoms with Gasteiger partial charge >= 0.3 is 0 Å². The number of hydrogen-bond acceptors (Lipinski definition) is 4. The molecule has 1 fully saturated rings. The average Bonchev–Trinajstić information content (AvgIpc) is 2.55. The topological polar surface area (TPSA) is 81.2 Å². The highest BCUT2D eigenvalue weighted by Gasteiger charge is 2.20. The number of nitrogens with one attached hydrogen (secondary N) is 1. The zero-order valence-electron chi connectivity index (χ0n) is 10.3. The second kappa shape index (κ2) is 5.82. The van der Waals surface area contributed by atoms with Crippen LogP contribution in [0, 0.1) is 10.1 Å². The van der Waals surface area contributed by atoms with Gasteiger partial charge in [-0.2, -0.15) is 0 Å². The Morgan fingerprint density at radius 2 is 2.06 bits per heavy atom. The Morgan fingerprint density at radius 1 is 1.28 bits per heavy atom. The van der Waals surface area contributed by atoms with Crippen LogP contribution in [0.2, 0.25) is 0 Å². The molecule has 3 N–H and O–H groups in total. The van der Waals surface area contributed by atoms with Crippen LogP contribution in [0.25, 0.3) is 0 Å². The molecule has 2 atom stereocenters. The third-order valence-electron chi connectivity index (χ3n) is 3.48. The van der Waals surface area contributed by atoms with Crippen LogP contribution in [0.15, 0.2) is 24.3 Å². The van der Waals surface area contributed by atoms with Crippen molar-refractivity contribution in [3.63, 3.8) is 0 Å². The molecule has 0 aliphatic heterocycles. The third-order valence-corrected chi connectivity index (χ3v) is 3.48. The van der Waals surface area contributed by atoms with Gasteiger partial charge in [-0.25, -0.2) is 0 Å². The van der Waals surface area contributed by atoms with Crippen LogP contribution in [0.3, 0.4) is 0 Å². The zero-order valence-corrected chi connectivity index (χ0v) is 10.3. The van der Waals surface area contributed by atoms with E-state index in [1.165, 1.54) is 25.3 Å². The predicted octanol–water partition coefficient (Wildman–Crippen LogP) is 2.67. The van der Waals surface area contributed by atoms with E-state index in [0.717, 1.165) is 18.5 Å². The molecule has 0 saturated heterocycles. The minimum Gasteiger partial charge on any atom is -0.381 e. The van der Waals surface area contributed by atoms with Gasteiger partial charge < -0.3 is 11.1 Å². The van der Waals surface area contributed by atoms with Crippen LogP contribution in [-0.4, -0.2) is 17.0 Å². The molecule has 0 aromatic heterocycles. The Bertz CT molecular complexity index is 422. The highest BCUT2D eigenvalue weighted by atomic mass is 16.6. The van der Waals surface area contributed by atoms with Crippen molar-refractivity contribution in [1.29, 1.82) is 0 Å². The number of non-ortho nitro benzene ring substituents is 1. The lowest BCUT2D eigenvalue weighted by molar-refractivity contribution is -0.384. The third kappa shape index (κ3) is 3.20. The fraction of sp³-hybridized carbons (Fsp3) is 0.538. The van der Waals surface area contributed by atoms with E-state index in [2.05, 4.69) is 5.32 Å². The van der Waals surface area contributed by atoms with Gasteiger partial charge in [0.15, 0.2) is 0 Å². The van der Waals surface area contributed by atoms with E-state index in [1.807, 2.05) is 6.07 Å².